The molecule has 74 valence electrons. The quantitative estimate of drug-likeness (QED) is 0.714. The average molecular weight is 200 g/mol. The summed E-state index contributed by atoms with van der Waals surface area (Å²) in [5.74, 6) is -0.399. The molecule has 1 aromatic carbocycles. The van der Waals surface area contributed by atoms with Gasteiger partial charge in [-0.25, -0.2) is 4.79 Å². The van der Waals surface area contributed by atoms with Crippen LogP contribution in [0.2, 0.25) is 0 Å². The minimum atomic E-state index is -0.399. The molecule has 2 aromatic rings. The number of fused-ring (bicyclic) bond motifs is 1. The van der Waals surface area contributed by atoms with Crippen molar-refractivity contribution in [3.8, 4) is 6.07 Å². The van der Waals surface area contributed by atoms with Crippen LogP contribution in [0.3, 0.4) is 0 Å². The topological polar surface area (TPSA) is 65.9 Å². The number of aromatic nitrogens is 1. The molecule has 15 heavy (non-hydrogen) atoms. The monoisotopic (exact) mass is 200 g/mol. The smallest absolute Gasteiger partial charge is 0.338 e. The van der Waals surface area contributed by atoms with Crippen molar-refractivity contribution in [2.45, 2.75) is 0 Å². The predicted molar refractivity (Wildman–Crippen MR) is 54.4 cm³/mol. The number of hydrogen-bond acceptors (Lipinski definition) is 3. The van der Waals surface area contributed by atoms with Crippen LogP contribution in [0, 0.1) is 11.3 Å². The Bertz CT molecular complexity index is 563. The minimum Gasteiger partial charge on any atom is -0.465 e. The van der Waals surface area contributed by atoms with Crippen LogP contribution in [0.5, 0.6) is 0 Å². The molecule has 1 heterocycles. The highest BCUT2D eigenvalue weighted by atomic mass is 16.5. The number of carbonyl (C=O) groups excluding carboxylic acids is 1. The molecule has 0 aliphatic rings. The van der Waals surface area contributed by atoms with Crippen molar-refractivity contribution in [1.29, 1.82) is 5.26 Å². The molecular weight excluding hydrogens is 192 g/mol. The number of esters is 1. The standard InChI is InChI=1S/C11H8N2O2/c1-15-11(14)8-3-2-4-10-9(8)5-7(6-12)13-10/h2-5,13H,1H3. The van der Waals surface area contributed by atoms with Crippen molar-refractivity contribution in [3.05, 3.63) is 35.5 Å². The van der Waals surface area contributed by atoms with Gasteiger partial charge >= 0.3 is 5.97 Å². The lowest BCUT2D eigenvalue weighted by molar-refractivity contribution is 0.0603. The predicted octanol–water partition coefficient (Wildman–Crippen LogP) is 1.83. The van der Waals surface area contributed by atoms with Gasteiger partial charge in [0.2, 0.25) is 0 Å². The second-order valence-corrected chi connectivity index (χ2v) is 3.05. The third-order valence-corrected chi connectivity index (χ3v) is 2.19. The molecule has 0 saturated heterocycles. The Kier molecular flexibility index (Phi) is 2.14. The van der Waals surface area contributed by atoms with E-state index in [4.69, 9.17) is 5.26 Å². The Labute approximate surface area is 86.1 Å². The molecule has 0 bridgehead atoms. The zero-order chi connectivity index (χ0) is 10.8. The van der Waals surface area contributed by atoms with Gasteiger partial charge in [-0.1, -0.05) is 6.07 Å². The number of nitriles is 1. The summed E-state index contributed by atoms with van der Waals surface area (Å²) in [4.78, 5) is 14.3. The average Bonchev–Trinajstić information content (AvgIpc) is 2.70. The molecular formula is C11H8N2O2. The van der Waals surface area contributed by atoms with Gasteiger partial charge in [-0.3, -0.25) is 0 Å². The second kappa shape index (κ2) is 3.46. The van der Waals surface area contributed by atoms with E-state index in [0.717, 1.165) is 5.52 Å². The van der Waals surface area contributed by atoms with Crippen molar-refractivity contribution in [3.63, 3.8) is 0 Å². The highest BCUT2D eigenvalue weighted by Crippen LogP contribution is 2.20. The molecule has 0 radical (unpaired) electrons. The summed E-state index contributed by atoms with van der Waals surface area (Å²) in [6.45, 7) is 0. The number of rotatable bonds is 1. The summed E-state index contributed by atoms with van der Waals surface area (Å²) < 4.78 is 4.65. The zero-order valence-electron chi connectivity index (χ0n) is 8.07. The number of benzene rings is 1. The summed E-state index contributed by atoms with van der Waals surface area (Å²) in [7, 11) is 1.33. The lowest BCUT2D eigenvalue weighted by Gasteiger charge is -1.99. The molecule has 2 rings (SSSR count). The van der Waals surface area contributed by atoms with E-state index in [1.165, 1.54) is 7.11 Å². The Morgan fingerprint density at radius 2 is 2.33 bits per heavy atom. The third kappa shape index (κ3) is 1.44. The van der Waals surface area contributed by atoms with Gasteiger partial charge in [0.05, 0.1) is 12.7 Å². The number of carbonyl (C=O) groups is 1. The van der Waals surface area contributed by atoms with Gasteiger partial charge in [-0.2, -0.15) is 5.26 Å². The van der Waals surface area contributed by atoms with E-state index in [1.54, 1.807) is 18.2 Å². The Morgan fingerprint density at radius 3 is 3.00 bits per heavy atom. The molecule has 4 heteroatoms. The summed E-state index contributed by atoms with van der Waals surface area (Å²) >= 11 is 0. The first-order valence-corrected chi connectivity index (χ1v) is 4.36. The number of aromatic amines is 1. The Balaban J connectivity index is 2.71. The van der Waals surface area contributed by atoms with Gasteiger partial charge in [0.25, 0.3) is 0 Å². The van der Waals surface area contributed by atoms with Gasteiger partial charge < -0.3 is 9.72 Å². The summed E-state index contributed by atoms with van der Waals surface area (Å²) in [6.07, 6.45) is 0. The van der Waals surface area contributed by atoms with Crippen molar-refractivity contribution < 1.29 is 9.53 Å². The van der Waals surface area contributed by atoms with Gasteiger partial charge in [0.15, 0.2) is 0 Å². The molecule has 0 fully saturated rings. The molecule has 4 nitrogen and oxygen atoms in total. The molecule has 0 spiro atoms. The molecule has 0 amide bonds. The van der Waals surface area contributed by atoms with Crippen LogP contribution in [0.1, 0.15) is 16.1 Å². The van der Waals surface area contributed by atoms with Crippen molar-refractivity contribution in [2.75, 3.05) is 7.11 Å². The number of nitrogens with one attached hydrogen (secondary N) is 1. The Morgan fingerprint density at radius 1 is 1.53 bits per heavy atom. The van der Waals surface area contributed by atoms with E-state index in [9.17, 15) is 4.79 Å². The van der Waals surface area contributed by atoms with E-state index in [-0.39, 0.29) is 0 Å². The number of hydrogen-bond donors (Lipinski definition) is 1. The van der Waals surface area contributed by atoms with Crippen LogP contribution in [-0.4, -0.2) is 18.1 Å². The van der Waals surface area contributed by atoms with Gasteiger partial charge in [0, 0.05) is 10.9 Å². The molecule has 0 unspecified atom stereocenters. The van der Waals surface area contributed by atoms with Crippen molar-refractivity contribution in [1.82, 2.24) is 4.98 Å². The fourth-order valence-electron chi connectivity index (χ4n) is 1.50. The third-order valence-electron chi connectivity index (χ3n) is 2.19. The maximum atomic E-state index is 11.4. The van der Waals surface area contributed by atoms with E-state index >= 15 is 0 Å². The highest BCUT2D eigenvalue weighted by molar-refractivity contribution is 6.04. The first-order chi connectivity index (χ1) is 7.26. The first-order valence-electron chi connectivity index (χ1n) is 4.36. The van der Waals surface area contributed by atoms with Crippen LogP contribution in [0.4, 0.5) is 0 Å². The molecule has 1 N–H and O–H groups in total. The minimum absolute atomic E-state index is 0.399. The number of H-pyrrole nitrogens is 1. The molecule has 0 saturated carbocycles. The number of methoxy groups -OCH3 is 1. The lowest BCUT2D eigenvalue weighted by atomic mass is 10.1. The van der Waals surface area contributed by atoms with E-state index in [2.05, 4.69) is 9.72 Å². The maximum absolute atomic E-state index is 11.4. The van der Waals surface area contributed by atoms with Crippen molar-refractivity contribution in [2.24, 2.45) is 0 Å². The molecule has 0 atom stereocenters. The maximum Gasteiger partial charge on any atom is 0.338 e. The van der Waals surface area contributed by atoms with Crippen LogP contribution < -0.4 is 0 Å². The van der Waals surface area contributed by atoms with Crippen LogP contribution in [-0.2, 0) is 4.74 Å². The normalized spacial score (nSPS) is 9.87. The fraction of sp³-hybridized carbons (Fsp3) is 0.0909. The van der Waals surface area contributed by atoms with E-state index in [0.29, 0.717) is 16.6 Å². The Hall–Kier alpha value is -2.28. The lowest BCUT2D eigenvalue weighted by Crippen LogP contribution is -2.00. The van der Waals surface area contributed by atoms with E-state index < -0.39 is 5.97 Å². The highest BCUT2D eigenvalue weighted by Gasteiger charge is 2.11. The molecule has 1 aromatic heterocycles. The van der Waals surface area contributed by atoms with Gasteiger partial charge in [-0.05, 0) is 18.2 Å². The number of nitrogens with zero attached hydrogens (tertiary/aromatic N) is 1. The zero-order valence-corrected chi connectivity index (χ0v) is 8.07. The van der Waals surface area contributed by atoms with Gasteiger partial charge in [-0.15, -0.1) is 0 Å². The first kappa shape index (κ1) is 9.28. The number of ether oxygens (including phenoxy) is 1. The van der Waals surface area contributed by atoms with Crippen LogP contribution >= 0.6 is 0 Å². The van der Waals surface area contributed by atoms with Gasteiger partial charge in [0.1, 0.15) is 11.8 Å². The summed E-state index contributed by atoms with van der Waals surface area (Å²) in [6, 6.07) is 8.85. The summed E-state index contributed by atoms with van der Waals surface area (Å²) in [5.41, 5.74) is 1.66. The second-order valence-electron chi connectivity index (χ2n) is 3.05. The van der Waals surface area contributed by atoms with Crippen molar-refractivity contribution >= 4 is 16.9 Å². The largest absolute Gasteiger partial charge is 0.465 e. The van der Waals surface area contributed by atoms with Crippen LogP contribution in [0.25, 0.3) is 10.9 Å². The van der Waals surface area contributed by atoms with E-state index in [1.807, 2.05) is 12.1 Å². The fourth-order valence-corrected chi connectivity index (χ4v) is 1.50. The van der Waals surface area contributed by atoms with Crippen LogP contribution in [0.15, 0.2) is 24.3 Å². The SMILES string of the molecule is COC(=O)c1cccc2[nH]c(C#N)cc12. The summed E-state index contributed by atoms with van der Waals surface area (Å²) in [5, 5.41) is 9.44. The molecule has 0 aliphatic heterocycles. The molecule has 0 aliphatic carbocycles.